The molecule has 0 radical (unpaired) electrons. The minimum atomic E-state index is -0.672. The summed E-state index contributed by atoms with van der Waals surface area (Å²) in [4.78, 5) is 34.3. The van der Waals surface area contributed by atoms with E-state index in [4.69, 9.17) is 27.9 Å². The molecule has 3 rings (SSSR count). The molecule has 36 heavy (non-hydrogen) atoms. The number of hydrogen-bond donors (Lipinski definition) is 1. The van der Waals surface area contributed by atoms with Crippen LogP contribution in [0.25, 0.3) is 6.08 Å². The van der Waals surface area contributed by atoms with E-state index in [-0.39, 0.29) is 33.7 Å². The van der Waals surface area contributed by atoms with Crippen molar-refractivity contribution in [1.82, 2.24) is 0 Å². The molecule has 0 unspecified atom stereocenters. The number of ether oxygens (including phenoxy) is 2. The van der Waals surface area contributed by atoms with E-state index in [0.29, 0.717) is 22.4 Å². The number of rotatable bonds is 8. The van der Waals surface area contributed by atoms with Gasteiger partial charge >= 0.3 is 5.97 Å². The highest BCUT2D eigenvalue weighted by molar-refractivity contribution is 6.37. The molecule has 0 bridgehead atoms. The molecule has 0 aliphatic carbocycles. The summed E-state index contributed by atoms with van der Waals surface area (Å²) < 4.78 is 10.3. The molecule has 1 N–H and O–H groups in total. The Hall–Kier alpha value is -4.39. The SMILES string of the molecule is COC(=O)c1ccc(NC(=O)/C(C#N)=C/c2cc(Cl)c(OCc3ccc([N+](=O)[O-])cc3)c(Cl)c2)cc1. The minimum Gasteiger partial charge on any atom is -0.486 e. The van der Waals surface area contributed by atoms with Gasteiger partial charge in [0.25, 0.3) is 11.6 Å². The monoisotopic (exact) mass is 525 g/mol. The summed E-state index contributed by atoms with van der Waals surface area (Å²) in [6, 6.07) is 16.6. The Kier molecular flexibility index (Phi) is 8.62. The summed E-state index contributed by atoms with van der Waals surface area (Å²) in [5, 5.41) is 23.1. The number of nitro benzene ring substituents is 1. The fourth-order valence-electron chi connectivity index (χ4n) is 2.99. The maximum Gasteiger partial charge on any atom is 0.337 e. The van der Waals surface area contributed by atoms with Gasteiger partial charge in [0.15, 0.2) is 5.75 Å². The van der Waals surface area contributed by atoms with Crippen molar-refractivity contribution in [3.8, 4) is 11.8 Å². The van der Waals surface area contributed by atoms with Gasteiger partial charge < -0.3 is 14.8 Å². The van der Waals surface area contributed by atoms with Crippen molar-refractivity contribution in [2.75, 3.05) is 12.4 Å². The zero-order valence-electron chi connectivity index (χ0n) is 18.7. The van der Waals surface area contributed by atoms with E-state index in [1.807, 2.05) is 6.07 Å². The fourth-order valence-corrected chi connectivity index (χ4v) is 3.60. The molecule has 9 nitrogen and oxygen atoms in total. The predicted octanol–water partition coefficient (Wildman–Crippen LogP) is 5.81. The van der Waals surface area contributed by atoms with E-state index in [9.17, 15) is 25.0 Å². The lowest BCUT2D eigenvalue weighted by Crippen LogP contribution is -2.13. The van der Waals surface area contributed by atoms with Gasteiger partial charge in [0.05, 0.1) is 27.6 Å². The summed E-state index contributed by atoms with van der Waals surface area (Å²) in [5.74, 6) is -1.00. The Morgan fingerprint density at radius 3 is 2.22 bits per heavy atom. The second-order valence-electron chi connectivity index (χ2n) is 7.22. The summed E-state index contributed by atoms with van der Waals surface area (Å²) in [5.41, 5.74) is 1.49. The maximum atomic E-state index is 12.6. The number of nitro groups is 1. The highest BCUT2D eigenvalue weighted by Gasteiger charge is 2.14. The van der Waals surface area contributed by atoms with Crippen LogP contribution in [0.1, 0.15) is 21.5 Å². The molecule has 0 heterocycles. The zero-order chi connectivity index (χ0) is 26.2. The summed E-state index contributed by atoms with van der Waals surface area (Å²) in [6.07, 6.45) is 1.32. The van der Waals surface area contributed by atoms with Crippen LogP contribution in [0.15, 0.2) is 66.2 Å². The zero-order valence-corrected chi connectivity index (χ0v) is 20.2. The Labute approximate surface area is 215 Å². The summed E-state index contributed by atoms with van der Waals surface area (Å²) in [6.45, 7) is 0.0627. The molecular weight excluding hydrogens is 509 g/mol. The van der Waals surface area contributed by atoms with E-state index in [2.05, 4.69) is 10.1 Å². The van der Waals surface area contributed by atoms with Crippen LogP contribution in [-0.4, -0.2) is 23.9 Å². The number of carbonyl (C=O) groups excluding carboxylic acids is 2. The maximum absolute atomic E-state index is 12.6. The molecule has 0 aliphatic rings. The normalized spacial score (nSPS) is 10.8. The van der Waals surface area contributed by atoms with Gasteiger partial charge in [-0.25, -0.2) is 4.79 Å². The first-order valence-corrected chi connectivity index (χ1v) is 10.9. The Morgan fingerprint density at radius 1 is 1.08 bits per heavy atom. The number of halogens is 2. The average molecular weight is 526 g/mol. The smallest absolute Gasteiger partial charge is 0.337 e. The molecule has 0 aliphatic heterocycles. The number of non-ortho nitro benzene ring substituents is 1. The first kappa shape index (κ1) is 26.2. The topological polar surface area (TPSA) is 132 Å². The lowest BCUT2D eigenvalue weighted by atomic mass is 10.1. The lowest BCUT2D eigenvalue weighted by molar-refractivity contribution is -0.384. The van der Waals surface area contributed by atoms with E-state index < -0.39 is 16.8 Å². The third-order valence-electron chi connectivity index (χ3n) is 4.79. The Balaban J connectivity index is 1.72. The molecule has 11 heteroatoms. The van der Waals surface area contributed by atoms with Gasteiger partial charge in [0.1, 0.15) is 18.2 Å². The van der Waals surface area contributed by atoms with Crippen molar-refractivity contribution in [1.29, 1.82) is 5.26 Å². The highest BCUT2D eigenvalue weighted by Crippen LogP contribution is 2.35. The lowest BCUT2D eigenvalue weighted by Gasteiger charge is -2.11. The standard InChI is InChI=1S/C25H17Cl2N3O6/c1-35-25(32)17-4-6-19(7-5-17)29-24(31)18(13-28)10-16-11-21(26)23(22(27)12-16)36-14-15-2-8-20(9-3-15)30(33)34/h2-12H,14H2,1H3,(H,29,31)/b18-10+. The number of nitrogens with zero attached hydrogens (tertiary/aromatic N) is 2. The molecule has 1 amide bonds. The van der Waals surface area contributed by atoms with Gasteiger partial charge in [0.2, 0.25) is 0 Å². The van der Waals surface area contributed by atoms with Crippen LogP contribution in [0.5, 0.6) is 5.75 Å². The molecule has 0 spiro atoms. The average Bonchev–Trinajstić information content (AvgIpc) is 2.87. The van der Waals surface area contributed by atoms with Crippen molar-refractivity contribution in [3.05, 3.63) is 103 Å². The number of nitriles is 1. The van der Waals surface area contributed by atoms with E-state index in [0.717, 1.165) is 0 Å². The molecule has 0 aromatic heterocycles. The number of carbonyl (C=O) groups is 2. The van der Waals surface area contributed by atoms with Crippen LogP contribution in [0.3, 0.4) is 0 Å². The Morgan fingerprint density at radius 2 is 1.69 bits per heavy atom. The predicted molar refractivity (Wildman–Crippen MR) is 134 cm³/mol. The Bertz CT molecular complexity index is 1360. The van der Waals surface area contributed by atoms with E-state index in [1.54, 1.807) is 12.1 Å². The van der Waals surface area contributed by atoms with Gasteiger partial charge in [0, 0.05) is 17.8 Å². The first-order valence-electron chi connectivity index (χ1n) is 10.2. The quantitative estimate of drug-likeness (QED) is 0.129. The van der Waals surface area contributed by atoms with Crippen LogP contribution in [0.2, 0.25) is 10.0 Å². The highest BCUT2D eigenvalue weighted by atomic mass is 35.5. The van der Waals surface area contributed by atoms with Gasteiger partial charge in [-0.05, 0) is 65.7 Å². The summed E-state index contributed by atoms with van der Waals surface area (Å²) in [7, 11) is 1.26. The third-order valence-corrected chi connectivity index (χ3v) is 5.35. The van der Waals surface area contributed by atoms with Crippen molar-refractivity contribution in [3.63, 3.8) is 0 Å². The fraction of sp³-hybridized carbons (Fsp3) is 0.0800. The molecule has 3 aromatic rings. The van der Waals surface area contributed by atoms with Crippen molar-refractivity contribution < 1.29 is 24.0 Å². The van der Waals surface area contributed by atoms with Gasteiger partial charge in [-0.2, -0.15) is 5.26 Å². The number of amides is 1. The molecule has 0 saturated heterocycles. The molecule has 182 valence electrons. The van der Waals surface area contributed by atoms with Gasteiger partial charge in [-0.1, -0.05) is 23.2 Å². The van der Waals surface area contributed by atoms with Crippen molar-refractivity contribution in [2.24, 2.45) is 0 Å². The number of esters is 1. The molecule has 0 atom stereocenters. The number of methoxy groups -OCH3 is 1. The number of anilines is 1. The molecule has 0 fully saturated rings. The largest absolute Gasteiger partial charge is 0.486 e. The number of nitrogens with one attached hydrogen (secondary N) is 1. The molecule has 3 aromatic carbocycles. The van der Waals surface area contributed by atoms with Gasteiger partial charge in [-0.3, -0.25) is 14.9 Å². The number of hydrogen-bond acceptors (Lipinski definition) is 7. The van der Waals surface area contributed by atoms with Crippen LogP contribution < -0.4 is 10.1 Å². The van der Waals surface area contributed by atoms with E-state index >= 15 is 0 Å². The van der Waals surface area contributed by atoms with Crippen LogP contribution in [0, 0.1) is 21.4 Å². The first-order chi connectivity index (χ1) is 17.2. The molecule has 0 saturated carbocycles. The van der Waals surface area contributed by atoms with Gasteiger partial charge in [-0.15, -0.1) is 0 Å². The van der Waals surface area contributed by atoms with Crippen LogP contribution in [-0.2, 0) is 16.1 Å². The summed E-state index contributed by atoms with van der Waals surface area (Å²) >= 11 is 12.6. The van der Waals surface area contributed by atoms with Crippen LogP contribution in [0.4, 0.5) is 11.4 Å². The van der Waals surface area contributed by atoms with Crippen molar-refractivity contribution >= 4 is 52.5 Å². The van der Waals surface area contributed by atoms with E-state index in [1.165, 1.54) is 61.7 Å². The third kappa shape index (κ3) is 6.60. The second-order valence-corrected chi connectivity index (χ2v) is 8.03. The minimum absolute atomic E-state index is 0.0403. The van der Waals surface area contributed by atoms with Crippen molar-refractivity contribution in [2.45, 2.75) is 6.61 Å². The van der Waals surface area contributed by atoms with Crippen LogP contribution >= 0.6 is 23.2 Å². The number of benzene rings is 3. The molecular formula is C25H17Cl2N3O6. The second kappa shape index (κ2) is 11.8.